The van der Waals surface area contributed by atoms with E-state index in [0.717, 1.165) is 4.47 Å². The fraction of sp³-hybridized carbons (Fsp3) is 0.500. The zero-order valence-electron chi connectivity index (χ0n) is 9.76. The Morgan fingerprint density at radius 3 is 2.69 bits per heavy atom. The van der Waals surface area contributed by atoms with Crippen molar-refractivity contribution in [3.05, 3.63) is 34.1 Å². The van der Waals surface area contributed by atoms with Crippen molar-refractivity contribution in [2.45, 2.75) is 32.4 Å². The minimum atomic E-state index is -0.587. The second-order valence-electron chi connectivity index (χ2n) is 4.18. The summed E-state index contributed by atoms with van der Waals surface area (Å²) < 4.78 is 20.0. The molecule has 2 N–H and O–H groups in total. The van der Waals surface area contributed by atoms with Crippen LogP contribution in [0.4, 0.5) is 4.39 Å². The van der Waals surface area contributed by atoms with Crippen LogP contribution in [0.5, 0.6) is 0 Å². The fourth-order valence-electron chi connectivity index (χ4n) is 1.59. The van der Waals surface area contributed by atoms with Crippen molar-refractivity contribution in [2.24, 2.45) is 5.73 Å². The van der Waals surface area contributed by atoms with Gasteiger partial charge in [-0.25, -0.2) is 4.39 Å². The maximum absolute atomic E-state index is 13.6. The van der Waals surface area contributed by atoms with Crippen LogP contribution in [0.25, 0.3) is 0 Å². The Bertz CT molecular complexity index is 368. The van der Waals surface area contributed by atoms with Crippen LogP contribution >= 0.6 is 15.9 Å². The molecule has 0 heterocycles. The first-order valence-electron chi connectivity index (χ1n) is 5.23. The summed E-state index contributed by atoms with van der Waals surface area (Å²) in [7, 11) is 0. The second-order valence-corrected chi connectivity index (χ2v) is 5.10. The largest absolute Gasteiger partial charge is 0.374 e. The van der Waals surface area contributed by atoms with Gasteiger partial charge in [-0.15, -0.1) is 0 Å². The van der Waals surface area contributed by atoms with Gasteiger partial charge in [-0.05, 0) is 39.0 Å². The molecule has 0 fully saturated rings. The SMILES string of the molecule is CCOC(C)(C)C(N)c1cc(Br)ccc1F. The third-order valence-electron chi connectivity index (χ3n) is 2.56. The van der Waals surface area contributed by atoms with Gasteiger partial charge in [0.15, 0.2) is 0 Å². The van der Waals surface area contributed by atoms with Crippen molar-refractivity contribution in [1.82, 2.24) is 0 Å². The molecule has 1 unspecified atom stereocenters. The van der Waals surface area contributed by atoms with Gasteiger partial charge < -0.3 is 10.5 Å². The Labute approximate surface area is 104 Å². The first-order chi connectivity index (χ1) is 7.38. The minimum absolute atomic E-state index is 0.302. The summed E-state index contributed by atoms with van der Waals surface area (Å²) in [4.78, 5) is 0. The number of nitrogens with two attached hydrogens (primary N) is 1. The van der Waals surface area contributed by atoms with E-state index in [0.29, 0.717) is 12.2 Å². The van der Waals surface area contributed by atoms with Gasteiger partial charge in [-0.2, -0.15) is 0 Å². The second kappa shape index (κ2) is 5.25. The molecular weight excluding hydrogens is 273 g/mol. The summed E-state index contributed by atoms with van der Waals surface area (Å²) in [6, 6.07) is 4.26. The van der Waals surface area contributed by atoms with E-state index in [-0.39, 0.29) is 5.82 Å². The lowest BCUT2D eigenvalue weighted by molar-refractivity contribution is -0.0305. The van der Waals surface area contributed by atoms with Crippen molar-refractivity contribution >= 4 is 15.9 Å². The van der Waals surface area contributed by atoms with Gasteiger partial charge >= 0.3 is 0 Å². The van der Waals surface area contributed by atoms with E-state index in [1.54, 1.807) is 12.1 Å². The van der Waals surface area contributed by atoms with Crippen molar-refractivity contribution in [3.8, 4) is 0 Å². The number of ether oxygens (including phenoxy) is 1. The molecule has 16 heavy (non-hydrogen) atoms. The Balaban J connectivity index is 3.03. The minimum Gasteiger partial charge on any atom is -0.374 e. The number of rotatable bonds is 4. The van der Waals surface area contributed by atoms with Crippen LogP contribution < -0.4 is 5.73 Å². The molecule has 0 aromatic heterocycles. The molecule has 0 bridgehead atoms. The van der Waals surface area contributed by atoms with Crippen molar-refractivity contribution in [1.29, 1.82) is 0 Å². The predicted octanol–water partition coefficient (Wildman–Crippen LogP) is 3.40. The van der Waals surface area contributed by atoms with Crippen molar-refractivity contribution in [2.75, 3.05) is 6.61 Å². The normalized spacial score (nSPS) is 13.9. The molecule has 1 aromatic rings. The number of hydrogen-bond donors (Lipinski definition) is 1. The lowest BCUT2D eigenvalue weighted by Crippen LogP contribution is -2.38. The van der Waals surface area contributed by atoms with Crippen molar-refractivity contribution in [3.63, 3.8) is 0 Å². The highest BCUT2D eigenvalue weighted by molar-refractivity contribution is 9.10. The van der Waals surface area contributed by atoms with Crippen LogP contribution in [0.2, 0.25) is 0 Å². The van der Waals surface area contributed by atoms with Gasteiger partial charge in [-0.3, -0.25) is 0 Å². The zero-order chi connectivity index (χ0) is 12.3. The lowest BCUT2D eigenvalue weighted by atomic mass is 9.92. The molecule has 0 saturated carbocycles. The molecule has 0 spiro atoms. The summed E-state index contributed by atoms with van der Waals surface area (Å²) in [5.41, 5.74) is 5.92. The molecule has 4 heteroatoms. The van der Waals surface area contributed by atoms with Gasteiger partial charge in [0.1, 0.15) is 5.82 Å². The molecule has 0 aliphatic rings. The predicted molar refractivity (Wildman–Crippen MR) is 66.7 cm³/mol. The Morgan fingerprint density at radius 2 is 2.12 bits per heavy atom. The monoisotopic (exact) mass is 289 g/mol. The fourth-order valence-corrected chi connectivity index (χ4v) is 1.97. The molecular formula is C12H17BrFNO. The van der Waals surface area contributed by atoms with E-state index < -0.39 is 11.6 Å². The zero-order valence-corrected chi connectivity index (χ0v) is 11.3. The van der Waals surface area contributed by atoms with Crippen LogP contribution in [-0.2, 0) is 4.74 Å². The third kappa shape index (κ3) is 3.03. The molecule has 0 radical (unpaired) electrons. The van der Waals surface area contributed by atoms with Crippen LogP contribution in [0.1, 0.15) is 32.4 Å². The number of benzene rings is 1. The maximum atomic E-state index is 13.6. The van der Waals surface area contributed by atoms with E-state index >= 15 is 0 Å². The van der Waals surface area contributed by atoms with E-state index in [1.807, 2.05) is 20.8 Å². The van der Waals surface area contributed by atoms with Crippen LogP contribution in [-0.4, -0.2) is 12.2 Å². The quantitative estimate of drug-likeness (QED) is 0.922. The first kappa shape index (κ1) is 13.6. The summed E-state index contributed by atoms with van der Waals surface area (Å²) >= 11 is 3.31. The average molecular weight is 290 g/mol. The molecule has 0 saturated heterocycles. The van der Waals surface area contributed by atoms with E-state index in [4.69, 9.17) is 10.5 Å². The van der Waals surface area contributed by atoms with E-state index in [2.05, 4.69) is 15.9 Å². The highest BCUT2D eigenvalue weighted by atomic mass is 79.9. The van der Waals surface area contributed by atoms with Crippen LogP contribution in [0, 0.1) is 5.82 Å². The highest BCUT2D eigenvalue weighted by Gasteiger charge is 2.30. The molecule has 0 amide bonds. The van der Waals surface area contributed by atoms with Gasteiger partial charge in [0, 0.05) is 16.6 Å². The molecule has 0 aliphatic heterocycles. The van der Waals surface area contributed by atoms with Gasteiger partial charge in [0.2, 0.25) is 0 Å². The smallest absolute Gasteiger partial charge is 0.128 e. The Kier molecular flexibility index (Phi) is 4.47. The van der Waals surface area contributed by atoms with Gasteiger partial charge in [0.05, 0.1) is 11.6 Å². The third-order valence-corrected chi connectivity index (χ3v) is 3.05. The average Bonchev–Trinajstić information content (AvgIpc) is 2.20. The summed E-state index contributed by atoms with van der Waals surface area (Å²) in [5.74, 6) is -0.302. The summed E-state index contributed by atoms with van der Waals surface area (Å²) in [6.07, 6.45) is 0. The molecule has 90 valence electrons. The summed E-state index contributed by atoms with van der Waals surface area (Å²) in [5, 5.41) is 0. The van der Waals surface area contributed by atoms with Crippen LogP contribution in [0.15, 0.2) is 22.7 Å². The molecule has 1 aromatic carbocycles. The molecule has 1 rings (SSSR count). The first-order valence-corrected chi connectivity index (χ1v) is 6.02. The summed E-state index contributed by atoms with van der Waals surface area (Å²) in [6.45, 7) is 6.17. The van der Waals surface area contributed by atoms with E-state index in [9.17, 15) is 4.39 Å². The maximum Gasteiger partial charge on any atom is 0.128 e. The topological polar surface area (TPSA) is 35.2 Å². The lowest BCUT2D eigenvalue weighted by Gasteiger charge is -2.32. The Morgan fingerprint density at radius 1 is 1.50 bits per heavy atom. The molecule has 0 aliphatic carbocycles. The van der Waals surface area contributed by atoms with E-state index in [1.165, 1.54) is 6.07 Å². The molecule has 1 atom stereocenters. The van der Waals surface area contributed by atoms with Gasteiger partial charge in [-0.1, -0.05) is 15.9 Å². The highest BCUT2D eigenvalue weighted by Crippen LogP contribution is 2.30. The van der Waals surface area contributed by atoms with Gasteiger partial charge in [0.25, 0.3) is 0 Å². The van der Waals surface area contributed by atoms with Crippen molar-refractivity contribution < 1.29 is 9.13 Å². The van der Waals surface area contributed by atoms with Crippen LogP contribution in [0.3, 0.4) is 0 Å². The number of halogens is 2. The standard InChI is InChI=1S/C12H17BrFNO/c1-4-16-12(2,3)11(15)9-7-8(13)5-6-10(9)14/h5-7,11H,4,15H2,1-3H3. The molecule has 2 nitrogen and oxygen atoms in total. The number of hydrogen-bond acceptors (Lipinski definition) is 2. The Hall–Kier alpha value is -0.450.